The normalized spacial score (nSPS) is 20.5. The van der Waals surface area contributed by atoms with E-state index in [1.165, 1.54) is 0 Å². The van der Waals surface area contributed by atoms with E-state index in [1.54, 1.807) is 0 Å². The van der Waals surface area contributed by atoms with Gasteiger partial charge in [0.15, 0.2) is 0 Å². The summed E-state index contributed by atoms with van der Waals surface area (Å²) in [7, 11) is -12.6. The molecule has 0 fully saturated rings. The number of rotatable bonds is 8. The van der Waals surface area contributed by atoms with Gasteiger partial charge in [-0.25, -0.2) is 0 Å². The molecule has 11 heteroatoms. The van der Waals surface area contributed by atoms with E-state index in [0.717, 1.165) is 16.2 Å². The first-order valence-corrected chi connectivity index (χ1v) is 26.7. The van der Waals surface area contributed by atoms with Crippen LogP contribution in [0.4, 0.5) is 13.2 Å². The van der Waals surface area contributed by atoms with Crippen LogP contribution < -0.4 is 0 Å². The Morgan fingerprint density at radius 2 is 1.29 bits per heavy atom. The molecule has 0 radical (unpaired) electrons. The second-order valence-electron chi connectivity index (χ2n) is 14.4. The third-order valence-electron chi connectivity index (χ3n) is 6.44. The summed E-state index contributed by atoms with van der Waals surface area (Å²) in [5, 5.41) is 1.66. The molecule has 0 bridgehead atoms. The molecule has 1 aliphatic rings. The van der Waals surface area contributed by atoms with Crippen molar-refractivity contribution >= 4 is 46.5 Å². The Morgan fingerprint density at radius 3 is 1.60 bits per heavy atom. The molecule has 1 heterocycles. The Labute approximate surface area is 214 Å². The molecule has 2 rings (SSSR count). The first-order chi connectivity index (χ1) is 15.2. The SMILES string of the molecule is CC(C)(C)C1=C(c2ccccc2)P1(C[Si](C)(C)C)(OS(=O)(=O)C(F)(F)F)C([Si](C)(C)C)[Si](C)(C)C. The van der Waals surface area contributed by atoms with Crippen molar-refractivity contribution in [2.75, 3.05) is 5.79 Å². The van der Waals surface area contributed by atoms with E-state index < -0.39 is 52.1 Å². The van der Waals surface area contributed by atoms with E-state index in [0.29, 0.717) is 5.79 Å². The Kier molecular flexibility index (Phi) is 7.63. The first-order valence-electron chi connectivity index (χ1n) is 12.1. The fraction of sp³-hybridized carbons (Fsp3) is 0.667. The third-order valence-corrected chi connectivity index (χ3v) is 36.1. The van der Waals surface area contributed by atoms with E-state index in [-0.39, 0.29) is 4.91 Å². The van der Waals surface area contributed by atoms with Gasteiger partial charge in [-0.3, -0.25) is 0 Å². The minimum absolute atomic E-state index is 0.172. The van der Waals surface area contributed by atoms with Crippen molar-refractivity contribution in [2.24, 2.45) is 5.41 Å². The van der Waals surface area contributed by atoms with Crippen LogP contribution in [0.1, 0.15) is 26.3 Å². The average molecular weight is 585 g/mol. The fourth-order valence-electron chi connectivity index (χ4n) is 7.26. The van der Waals surface area contributed by atoms with Gasteiger partial charge in [0.25, 0.3) is 0 Å². The standard InChI is InChI=1S/C24H44F3O3PSSi3/c1-23(2,3)21-20(19-16-14-13-15-17-19)31(21,18-33(4,5)6,30-32(28,29)24(25,26)27)22(34(7,8)9)35(10,11)12/h13-17,22H,18H2,1-12H3. The van der Waals surface area contributed by atoms with Crippen molar-refractivity contribution in [2.45, 2.75) is 90.1 Å². The summed E-state index contributed by atoms with van der Waals surface area (Å²) < 4.78 is 74.7. The molecule has 0 unspecified atom stereocenters. The van der Waals surface area contributed by atoms with Gasteiger partial charge in [-0.15, -0.1) is 0 Å². The fourth-order valence-corrected chi connectivity index (χ4v) is 52.4. The molecule has 0 aromatic heterocycles. The molecule has 0 amide bonds. The van der Waals surface area contributed by atoms with Crippen molar-refractivity contribution in [1.29, 1.82) is 0 Å². The number of halogens is 3. The predicted octanol–water partition coefficient (Wildman–Crippen LogP) is 8.75. The Morgan fingerprint density at radius 1 is 0.857 bits per heavy atom. The van der Waals surface area contributed by atoms with Crippen molar-refractivity contribution in [3.8, 4) is 0 Å². The summed E-state index contributed by atoms with van der Waals surface area (Å²) in [6, 6.07) is 9.44. The van der Waals surface area contributed by atoms with Gasteiger partial charge in [0.1, 0.15) is 0 Å². The molecule has 0 N–H and O–H groups in total. The molecule has 0 saturated heterocycles. The predicted molar refractivity (Wildman–Crippen MR) is 154 cm³/mol. The maximum absolute atomic E-state index is 14.1. The summed E-state index contributed by atoms with van der Waals surface area (Å²) >= 11 is 0. The summed E-state index contributed by atoms with van der Waals surface area (Å²) in [5.41, 5.74) is -5.21. The van der Waals surface area contributed by atoms with Crippen molar-refractivity contribution < 1.29 is 25.6 Å². The molecule has 1 aromatic carbocycles. The van der Waals surface area contributed by atoms with Crippen LogP contribution in [0.5, 0.6) is 0 Å². The quantitative estimate of drug-likeness (QED) is 0.174. The van der Waals surface area contributed by atoms with Crippen LogP contribution in [0.15, 0.2) is 35.6 Å². The molecule has 3 nitrogen and oxygen atoms in total. The molecule has 0 saturated carbocycles. The van der Waals surface area contributed by atoms with Crippen LogP contribution in [0.2, 0.25) is 58.9 Å². The van der Waals surface area contributed by atoms with Crippen LogP contribution in [-0.2, 0) is 14.1 Å². The van der Waals surface area contributed by atoms with Crippen LogP contribution >= 0.6 is 6.83 Å². The van der Waals surface area contributed by atoms with E-state index in [9.17, 15) is 21.6 Å². The Bertz CT molecular complexity index is 1100. The van der Waals surface area contributed by atoms with E-state index in [1.807, 2.05) is 51.1 Å². The van der Waals surface area contributed by atoms with Crippen LogP contribution in [0.3, 0.4) is 0 Å². The molecule has 35 heavy (non-hydrogen) atoms. The van der Waals surface area contributed by atoms with Crippen LogP contribution in [-0.4, -0.2) is 48.8 Å². The summed E-state index contributed by atoms with van der Waals surface area (Å²) in [4.78, 5) is -0.172. The molecule has 0 atom stereocenters. The summed E-state index contributed by atoms with van der Waals surface area (Å²) in [6.07, 6.45) is 0. The Balaban J connectivity index is 3.24. The van der Waals surface area contributed by atoms with Gasteiger partial charge in [-0.2, -0.15) is 0 Å². The van der Waals surface area contributed by atoms with Gasteiger partial charge >= 0.3 is 215 Å². The molecule has 202 valence electrons. The molecular weight excluding hydrogens is 541 g/mol. The number of hydrogen-bond donors (Lipinski definition) is 0. The monoisotopic (exact) mass is 584 g/mol. The van der Waals surface area contributed by atoms with Gasteiger partial charge in [0, 0.05) is 0 Å². The molecule has 1 aromatic rings. The minimum atomic E-state index is -5.84. The average Bonchev–Trinajstić information content (AvgIpc) is 3.11. The number of hydrogen-bond acceptors (Lipinski definition) is 3. The summed E-state index contributed by atoms with van der Waals surface area (Å²) in [5.74, 6) is 0.421. The second kappa shape index (κ2) is 8.63. The molecule has 1 aliphatic heterocycles. The van der Waals surface area contributed by atoms with Crippen molar-refractivity contribution in [3.05, 3.63) is 41.2 Å². The molecular formula is C24H44F3O3PSSi3. The Hall–Kier alpha value is -0.259. The topological polar surface area (TPSA) is 43.4 Å². The zero-order valence-corrected chi connectivity index (χ0v) is 28.1. The first kappa shape index (κ1) is 31.0. The van der Waals surface area contributed by atoms with E-state index >= 15 is 0 Å². The van der Waals surface area contributed by atoms with Gasteiger partial charge in [0.2, 0.25) is 0 Å². The third kappa shape index (κ3) is 5.48. The van der Waals surface area contributed by atoms with Gasteiger partial charge in [-0.05, 0) is 0 Å². The van der Waals surface area contributed by atoms with Crippen LogP contribution in [0, 0.1) is 5.41 Å². The van der Waals surface area contributed by atoms with E-state index in [2.05, 4.69) is 58.9 Å². The second-order valence-corrected chi connectivity index (χ2v) is 38.9. The van der Waals surface area contributed by atoms with Gasteiger partial charge in [0.05, 0.1) is 0 Å². The summed E-state index contributed by atoms with van der Waals surface area (Å²) in [6.45, 7) is 21.2. The molecule has 0 aliphatic carbocycles. The maximum atomic E-state index is 14.1. The number of benzene rings is 1. The number of alkyl halides is 3. The van der Waals surface area contributed by atoms with Gasteiger partial charge in [-0.1, -0.05) is 0 Å². The van der Waals surface area contributed by atoms with Crippen LogP contribution in [0.25, 0.3) is 5.31 Å². The van der Waals surface area contributed by atoms with E-state index in [4.69, 9.17) is 3.97 Å². The number of allylic oxidation sites excluding steroid dienone is 1. The zero-order valence-electron chi connectivity index (χ0n) is 23.4. The van der Waals surface area contributed by atoms with Gasteiger partial charge < -0.3 is 0 Å². The molecule has 0 spiro atoms. The van der Waals surface area contributed by atoms with Crippen molar-refractivity contribution in [1.82, 2.24) is 0 Å². The van der Waals surface area contributed by atoms with Crippen molar-refractivity contribution in [3.63, 3.8) is 0 Å². The zero-order chi connectivity index (χ0) is 27.7.